The van der Waals surface area contributed by atoms with E-state index in [2.05, 4.69) is 11.3 Å². The van der Waals surface area contributed by atoms with Gasteiger partial charge in [-0.25, -0.2) is 9.59 Å². The summed E-state index contributed by atoms with van der Waals surface area (Å²) in [6.45, 7) is 4.48. The monoisotopic (exact) mass is 228 g/mol. The Hall–Kier alpha value is -2.11. The molecular formula is C10H12O6. The number of carbonyl (C=O) groups is 3. The van der Waals surface area contributed by atoms with Crippen LogP contribution in [0, 0.1) is 0 Å². The van der Waals surface area contributed by atoms with Gasteiger partial charge >= 0.3 is 17.9 Å². The number of carbonyl (C=O) groups excluding carboxylic acids is 1. The number of ether oxygens (including phenoxy) is 1. The first-order chi connectivity index (χ1) is 7.40. The number of carboxylic acid groups (broad SMARTS) is 2. The summed E-state index contributed by atoms with van der Waals surface area (Å²) >= 11 is 0. The summed E-state index contributed by atoms with van der Waals surface area (Å²) in [5.41, 5.74) is 0.0972. The van der Waals surface area contributed by atoms with Gasteiger partial charge in [-0.3, -0.25) is 4.79 Å². The van der Waals surface area contributed by atoms with Crippen molar-refractivity contribution < 1.29 is 29.3 Å². The number of carboxylic acids is 2. The third-order valence-corrected chi connectivity index (χ3v) is 1.75. The Labute approximate surface area is 91.8 Å². The highest BCUT2D eigenvalue weighted by molar-refractivity contribution is 6.01. The van der Waals surface area contributed by atoms with E-state index in [1.807, 2.05) is 0 Å². The van der Waals surface area contributed by atoms with Crippen molar-refractivity contribution in [3.05, 3.63) is 24.0 Å². The van der Waals surface area contributed by atoms with Crippen molar-refractivity contribution in [2.75, 3.05) is 0 Å². The molecule has 0 saturated carbocycles. The molecule has 88 valence electrons. The molecule has 0 amide bonds. The summed E-state index contributed by atoms with van der Waals surface area (Å²) in [7, 11) is 0. The highest BCUT2D eigenvalue weighted by Gasteiger charge is 2.27. The molecule has 0 unspecified atom stereocenters. The SMILES string of the molecule is C=COC(C)=O.O=C(O)C1=C(C(=O)O)CC1. The molecule has 0 radical (unpaired) electrons. The van der Waals surface area contributed by atoms with Crippen LogP contribution in [0.4, 0.5) is 0 Å². The normalized spacial score (nSPS) is 12.8. The van der Waals surface area contributed by atoms with E-state index in [1.165, 1.54) is 6.92 Å². The molecule has 0 aromatic carbocycles. The van der Waals surface area contributed by atoms with Crippen LogP contribution in [0.5, 0.6) is 0 Å². The van der Waals surface area contributed by atoms with Gasteiger partial charge in [0.25, 0.3) is 0 Å². The summed E-state index contributed by atoms with van der Waals surface area (Å²) in [6, 6.07) is 0. The molecule has 6 heteroatoms. The number of aliphatic carboxylic acids is 2. The van der Waals surface area contributed by atoms with E-state index in [0.717, 1.165) is 6.26 Å². The highest BCUT2D eigenvalue weighted by atomic mass is 16.5. The highest BCUT2D eigenvalue weighted by Crippen LogP contribution is 2.27. The fourth-order valence-electron chi connectivity index (χ4n) is 0.964. The minimum atomic E-state index is -1.11. The lowest BCUT2D eigenvalue weighted by molar-refractivity contribution is -0.137. The van der Waals surface area contributed by atoms with Crippen LogP contribution in [-0.4, -0.2) is 28.1 Å². The van der Waals surface area contributed by atoms with Gasteiger partial charge in [0, 0.05) is 18.1 Å². The standard InChI is InChI=1S/C6H6O4.C4H6O2/c7-5(8)3-1-2-4(3)6(9)10;1-3-6-4(2)5/h1-2H2,(H,7,8)(H,9,10);3H,1H2,2H3. The first-order valence-electron chi connectivity index (χ1n) is 4.36. The first kappa shape index (κ1) is 13.9. The molecule has 0 atom stereocenters. The van der Waals surface area contributed by atoms with E-state index in [-0.39, 0.29) is 17.1 Å². The Morgan fingerprint density at radius 2 is 1.56 bits per heavy atom. The molecule has 0 bridgehead atoms. The van der Waals surface area contributed by atoms with Crippen LogP contribution in [-0.2, 0) is 19.1 Å². The molecule has 0 aliphatic heterocycles. The Kier molecular flexibility index (Phi) is 5.55. The molecule has 0 fully saturated rings. The van der Waals surface area contributed by atoms with Crippen LogP contribution >= 0.6 is 0 Å². The lowest BCUT2D eigenvalue weighted by Gasteiger charge is -2.15. The summed E-state index contributed by atoms with van der Waals surface area (Å²) in [4.78, 5) is 30.1. The quantitative estimate of drug-likeness (QED) is 0.550. The Bertz CT molecular complexity index is 328. The number of hydrogen-bond acceptors (Lipinski definition) is 4. The average Bonchev–Trinajstić information content (AvgIpc) is 1.99. The van der Waals surface area contributed by atoms with Crippen molar-refractivity contribution in [2.24, 2.45) is 0 Å². The number of esters is 1. The molecule has 1 aliphatic carbocycles. The van der Waals surface area contributed by atoms with Gasteiger partial charge < -0.3 is 14.9 Å². The minimum absolute atomic E-state index is 0.0486. The second-order valence-electron chi connectivity index (χ2n) is 2.84. The fraction of sp³-hybridized carbons (Fsp3) is 0.300. The van der Waals surface area contributed by atoms with Crippen LogP contribution < -0.4 is 0 Å². The van der Waals surface area contributed by atoms with Crippen molar-refractivity contribution in [2.45, 2.75) is 19.8 Å². The van der Waals surface area contributed by atoms with E-state index in [0.29, 0.717) is 12.8 Å². The zero-order chi connectivity index (χ0) is 12.7. The fourth-order valence-corrected chi connectivity index (χ4v) is 0.964. The third kappa shape index (κ3) is 4.41. The lowest BCUT2D eigenvalue weighted by atomic mass is 9.89. The van der Waals surface area contributed by atoms with Gasteiger partial charge in [-0.1, -0.05) is 6.58 Å². The van der Waals surface area contributed by atoms with Crippen molar-refractivity contribution in [1.29, 1.82) is 0 Å². The van der Waals surface area contributed by atoms with Crippen LogP contribution in [0.2, 0.25) is 0 Å². The molecule has 2 N–H and O–H groups in total. The molecule has 0 aromatic rings. The second-order valence-corrected chi connectivity index (χ2v) is 2.84. The Morgan fingerprint density at radius 1 is 1.19 bits per heavy atom. The molecular weight excluding hydrogens is 216 g/mol. The van der Waals surface area contributed by atoms with Crippen molar-refractivity contribution in [3.63, 3.8) is 0 Å². The van der Waals surface area contributed by atoms with Crippen LogP contribution in [0.15, 0.2) is 24.0 Å². The van der Waals surface area contributed by atoms with Crippen molar-refractivity contribution in [1.82, 2.24) is 0 Å². The van der Waals surface area contributed by atoms with E-state index < -0.39 is 11.9 Å². The van der Waals surface area contributed by atoms with Crippen LogP contribution in [0.3, 0.4) is 0 Å². The zero-order valence-electron chi connectivity index (χ0n) is 8.73. The topological polar surface area (TPSA) is 101 Å². The van der Waals surface area contributed by atoms with E-state index in [4.69, 9.17) is 10.2 Å². The van der Waals surface area contributed by atoms with Gasteiger partial charge in [0.15, 0.2) is 0 Å². The van der Waals surface area contributed by atoms with E-state index >= 15 is 0 Å². The van der Waals surface area contributed by atoms with Gasteiger partial charge in [-0.15, -0.1) is 0 Å². The maximum atomic E-state index is 10.2. The molecule has 0 spiro atoms. The third-order valence-electron chi connectivity index (χ3n) is 1.75. The maximum absolute atomic E-state index is 10.2. The lowest BCUT2D eigenvalue weighted by Crippen LogP contribution is -2.18. The van der Waals surface area contributed by atoms with Crippen LogP contribution in [0.25, 0.3) is 0 Å². The summed E-state index contributed by atoms with van der Waals surface area (Å²) in [5.74, 6) is -2.54. The van der Waals surface area contributed by atoms with Gasteiger partial charge in [-0.2, -0.15) is 0 Å². The zero-order valence-corrected chi connectivity index (χ0v) is 8.73. The number of hydrogen-bond donors (Lipinski definition) is 2. The van der Waals surface area contributed by atoms with Gasteiger partial charge in [0.2, 0.25) is 0 Å². The Balaban J connectivity index is 0.000000325. The van der Waals surface area contributed by atoms with Crippen LogP contribution in [0.1, 0.15) is 19.8 Å². The van der Waals surface area contributed by atoms with Gasteiger partial charge in [0.05, 0.1) is 6.26 Å². The molecule has 1 rings (SSSR count). The van der Waals surface area contributed by atoms with E-state index in [9.17, 15) is 14.4 Å². The largest absolute Gasteiger partial charge is 0.478 e. The number of rotatable bonds is 3. The van der Waals surface area contributed by atoms with Crippen molar-refractivity contribution in [3.8, 4) is 0 Å². The molecule has 1 aliphatic rings. The van der Waals surface area contributed by atoms with Gasteiger partial charge in [-0.05, 0) is 12.8 Å². The van der Waals surface area contributed by atoms with E-state index in [1.54, 1.807) is 0 Å². The summed E-state index contributed by atoms with van der Waals surface area (Å²) in [6.07, 6.45) is 1.87. The molecule has 0 aromatic heterocycles. The average molecular weight is 228 g/mol. The van der Waals surface area contributed by atoms with Gasteiger partial charge in [0.1, 0.15) is 0 Å². The molecule has 0 saturated heterocycles. The maximum Gasteiger partial charge on any atom is 0.332 e. The predicted octanol–water partition coefficient (Wildman–Crippen LogP) is 0.939. The Morgan fingerprint density at radius 3 is 1.62 bits per heavy atom. The molecule has 6 nitrogen and oxygen atoms in total. The predicted molar refractivity (Wildman–Crippen MR) is 53.5 cm³/mol. The second kappa shape index (κ2) is 6.39. The first-order valence-corrected chi connectivity index (χ1v) is 4.36. The minimum Gasteiger partial charge on any atom is -0.478 e. The summed E-state index contributed by atoms with van der Waals surface area (Å²) in [5, 5.41) is 16.7. The molecule has 16 heavy (non-hydrogen) atoms. The summed E-state index contributed by atoms with van der Waals surface area (Å²) < 4.78 is 4.17. The van der Waals surface area contributed by atoms with Crippen molar-refractivity contribution >= 4 is 17.9 Å². The smallest absolute Gasteiger partial charge is 0.332 e. The molecule has 0 heterocycles.